The van der Waals surface area contributed by atoms with Crippen LogP contribution in [-0.2, 0) is 10.1 Å². The minimum Gasteiger partial charge on any atom is -0.395 e. The Morgan fingerprint density at radius 3 is 2.38 bits per heavy atom. The molecule has 0 bridgehead atoms. The van der Waals surface area contributed by atoms with Gasteiger partial charge in [0.2, 0.25) is 5.95 Å². The van der Waals surface area contributed by atoms with Crippen LogP contribution in [0.3, 0.4) is 0 Å². The number of nitrogens with one attached hydrogen (secondary N) is 2. The minimum absolute atomic E-state index is 0.0591. The molecule has 1 saturated carbocycles. The number of pyridine rings is 2. The number of anilines is 2. The van der Waals surface area contributed by atoms with Crippen LogP contribution in [0.2, 0.25) is 0 Å². The number of rotatable bonds is 7. The fraction of sp³-hybridized carbons (Fsp3) is 0.519. The van der Waals surface area contributed by atoms with Gasteiger partial charge in [-0.1, -0.05) is 18.9 Å². The first kappa shape index (κ1) is 29.7. The van der Waals surface area contributed by atoms with Crippen LogP contribution < -0.4 is 16.2 Å². The molecule has 2 aliphatic rings. The SMILES string of the molecule is CC(=O)c1c(C)c2cnc(Nc3ccc(C4CCNCC4)cn3)nc2n(C2CCCC2)c1=O.O=S(=O)(O)CCO. The zero-order chi connectivity index (χ0) is 28.9. The Balaban J connectivity index is 0.000000470. The highest BCUT2D eigenvalue weighted by Gasteiger charge is 2.26. The number of carbonyl (C=O) groups excluding carboxylic acids is 1. The highest BCUT2D eigenvalue weighted by Crippen LogP contribution is 2.32. The van der Waals surface area contributed by atoms with Crippen LogP contribution in [0.15, 0.2) is 29.3 Å². The molecule has 0 radical (unpaired) electrons. The summed E-state index contributed by atoms with van der Waals surface area (Å²) in [5.41, 5.74) is 2.48. The Kier molecular flexibility index (Phi) is 9.61. The number of ketones is 1. The molecular weight excluding hydrogens is 536 g/mol. The van der Waals surface area contributed by atoms with Crippen LogP contribution in [0.5, 0.6) is 0 Å². The molecule has 0 amide bonds. The van der Waals surface area contributed by atoms with Gasteiger partial charge in [-0.15, -0.1) is 0 Å². The van der Waals surface area contributed by atoms with E-state index in [2.05, 4.69) is 26.7 Å². The molecule has 0 aromatic carbocycles. The van der Waals surface area contributed by atoms with Gasteiger partial charge in [0, 0.05) is 23.8 Å². The first-order valence-electron chi connectivity index (χ1n) is 13.5. The molecule has 40 heavy (non-hydrogen) atoms. The molecule has 1 aliphatic heterocycles. The lowest BCUT2D eigenvalue weighted by molar-refractivity contribution is 0.101. The number of aliphatic hydroxyl groups excluding tert-OH is 1. The second kappa shape index (κ2) is 12.9. The predicted molar refractivity (Wildman–Crippen MR) is 152 cm³/mol. The van der Waals surface area contributed by atoms with E-state index in [-0.39, 0.29) is 22.9 Å². The Morgan fingerprint density at radius 2 is 1.82 bits per heavy atom. The summed E-state index contributed by atoms with van der Waals surface area (Å²) in [6.45, 7) is 4.81. The lowest BCUT2D eigenvalue weighted by Crippen LogP contribution is -2.30. The number of Topliss-reactive ketones (excluding diaryl/α,β-unsaturated/α-hetero) is 1. The van der Waals surface area contributed by atoms with Crippen LogP contribution in [0.4, 0.5) is 11.8 Å². The summed E-state index contributed by atoms with van der Waals surface area (Å²) in [5.74, 6) is 0.813. The number of hydrogen-bond donors (Lipinski definition) is 4. The summed E-state index contributed by atoms with van der Waals surface area (Å²) >= 11 is 0. The predicted octanol–water partition coefficient (Wildman–Crippen LogP) is 2.89. The van der Waals surface area contributed by atoms with E-state index in [0.29, 0.717) is 28.9 Å². The van der Waals surface area contributed by atoms with Gasteiger partial charge in [-0.25, -0.2) is 9.97 Å². The maximum atomic E-state index is 13.3. The third-order valence-corrected chi connectivity index (χ3v) is 8.13. The van der Waals surface area contributed by atoms with Crippen molar-refractivity contribution in [2.24, 2.45) is 0 Å². The van der Waals surface area contributed by atoms with Crippen molar-refractivity contribution >= 4 is 38.7 Å². The Labute approximate surface area is 233 Å². The van der Waals surface area contributed by atoms with Gasteiger partial charge in [0.25, 0.3) is 15.7 Å². The van der Waals surface area contributed by atoms with Gasteiger partial charge in [0.15, 0.2) is 5.78 Å². The first-order valence-corrected chi connectivity index (χ1v) is 15.1. The van der Waals surface area contributed by atoms with Crippen molar-refractivity contribution in [2.75, 3.05) is 30.8 Å². The fourth-order valence-corrected chi connectivity index (χ4v) is 5.65. The third kappa shape index (κ3) is 7.08. The van der Waals surface area contributed by atoms with Crippen LogP contribution >= 0.6 is 0 Å². The van der Waals surface area contributed by atoms with Crippen LogP contribution in [0, 0.1) is 6.92 Å². The molecule has 0 atom stereocenters. The van der Waals surface area contributed by atoms with Gasteiger partial charge >= 0.3 is 0 Å². The van der Waals surface area contributed by atoms with Gasteiger partial charge in [-0.2, -0.15) is 13.4 Å². The zero-order valence-electron chi connectivity index (χ0n) is 22.8. The van der Waals surface area contributed by atoms with E-state index >= 15 is 0 Å². The van der Waals surface area contributed by atoms with Crippen molar-refractivity contribution in [3.05, 3.63) is 51.6 Å². The van der Waals surface area contributed by atoms with E-state index < -0.39 is 22.5 Å². The zero-order valence-corrected chi connectivity index (χ0v) is 23.6. The standard InChI is InChI=1S/C25H30N6O2.C2H6O4S/c1-15-20-14-28-25(29-21-8-7-18(13-27-21)17-9-11-26-12-10-17)30-23(20)31(19-5-3-4-6-19)24(33)22(15)16(2)32;3-1-2-7(4,5)6/h7-8,13-14,17,19,26H,3-6,9-12H2,1-2H3,(H,27,28,29,30);3H,1-2H2,(H,4,5,6). The average molecular weight is 573 g/mol. The molecule has 5 rings (SSSR count). The van der Waals surface area contributed by atoms with Gasteiger partial charge in [-0.05, 0) is 75.7 Å². The molecule has 216 valence electrons. The van der Waals surface area contributed by atoms with Crippen molar-refractivity contribution in [3.63, 3.8) is 0 Å². The van der Waals surface area contributed by atoms with E-state index in [1.807, 2.05) is 12.3 Å². The molecule has 3 aromatic rings. The highest BCUT2D eigenvalue weighted by atomic mass is 32.2. The van der Waals surface area contributed by atoms with E-state index in [9.17, 15) is 18.0 Å². The van der Waals surface area contributed by atoms with Crippen LogP contribution in [0.25, 0.3) is 11.0 Å². The lowest BCUT2D eigenvalue weighted by atomic mass is 9.91. The molecule has 1 saturated heterocycles. The molecule has 1 aliphatic carbocycles. The normalized spacial score (nSPS) is 16.5. The van der Waals surface area contributed by atoms with E-state index in [1.54, 1.807) is 17.7 Å². The summed E-state index contributed by atoms with van der Waals surface area (Å²) in [7, 11) is -3.92. The number of hydrogen-bond acceptors (Lipinski definition) is 10. The monoisotopic (exact) mass is 572 g/mol. The molecule has 13 heteroatoms. The van der Waals surface area contributed by atoms with Gasteiger partial charge in [0.1, 0.15) is 11.5 Å². The van der Waals surface area contributed by atoms with Crippen molar-refractivity contribution in [1.82, 2.24) is 24.8 Å². The summed E-state index contributed by atoms with van der Waals surface area (Å²) < 4.78 is 28.8. The Morgan fingerprint density at radius 1 is 1.12 bits per heavy atom. The molecule has 0 unspecified atom stereocenters. The van der Waals surface area contributed by atoms with Crippen LogP contribution in [-0.4, -0.2) is 68.8 Å². The number of aliphatic hydroxyl groups is 1. The second-order valence-electron chi connectivity index (χ2n) is 10.2. The summed E-state index contributed by atoms with van der Waals surface area (Å²) in [6, 6.07) is 4.13. The molecular formula is C27H36N6O6S. The van der Waals surface area contributed by atoms with Crippen molar-refractivity contribution in [3.8, 4) is 0 Å². The molecule has 4 heterocycles. The molecule has 0 spiro atoms. The molecule has 2 fully saturated rings. The first-order chi connectivity index (χ1) is 19.1. The lowest BCUT2D eigenvalue weighted by Gasteiger charge is -2.22. The smallest absolute Gasteiger partial charge is 0.267 e. The quantitative estimate of drug-likeness (QED) is 0.242. The average Bonchev–Trinajstić information content (AvgIpc) is 3.44. The van der Waals surface area contributed by atoms with Crippen molar-refractivity contribution in [2.45, 2.75) is 64.3 Å². The maximum Gasteiger partial charge on any atom is 0.267 e. The van der Waals surface area contributed by atoms with Gasteiger partial charge in [0.05, 0.1) is 17.9 Å². The second-order valence-corrected chi connectivity index (χ2v) is 11.8. The number of aromatic nitrogens is 4. The Bertz CT molecular complexity index is 1510. The topological polar surface area (TPSA) is 176 Å². The summed E-state index contributed by atoms with van der Waals surface area (Å²) in [6.07, 6.45) is 9.88. The van der Waals surface area contributed by atoms with Gasteiger partial charge in [-0.3, -0.25) is 18.7 Å². The fourth-order valence-electron chi connectivity index (χ4n) is 5.41. The number of fused-ring (bicyclic) bond motifs is 1. The number of nitrogens with zero attached hydrogens (tertiary/aromatic N) is 4. The third-order valence-electron chi connectivity index (χ3n) is 7.44. The molecule has 12 nitrogen and oxygen atoms in total. The molecule has 4 N–H and O–H groups in total. The summed E-state index contributed by atoms with van der Waals surface area (Å²) in [4.78, 5) is 39.4. The van der Waals surface area contributed by atoms with E-state index in [4.69, 9.17) is 14.6 Å². The Hall–Kier alpha value is -3.26. The van der Waals surface area contributed by atoms with Crippen LogP contribution in [0.1, 0.15) is 78.9 Å². The largest absolute Gasteiger partial charge is 0.395 e. The maximum absolute atomic E-state index is 13.3. The number of carbonyl (C=O) groups is 1. The highest BCUT2D eigenvalue weighted by molar-refractivity contribution is 7.85. The minimum atomic E-state index is -3.92. The molecule has 3 aromatic heterocycles. The number of piperidine rings is 1. The summed E-state index contributed by atoms with van der Waals surface area (Å²) in [5, 5.41) is 15.2. The van der Waals surface area contributed by atoms with Crippen molar-refractivity contribution < 1.29 is 22.9 Å². The number of aryl methyl sites for hydroxylation is 1. The van der Waals surface area contributed by atoms with Gasteiger partial charge < -0.3 is 15.7 Å². The van der Waals surface area contributed by atoms with E-state index in [0.717, 1.165) is 57.0 Å². The van der Waals surface area contributed by atoms with E-state index in [1.165, 1.54) is 12.5 Å². The van der Waals surface area contributed by atoms with Crippen molar-refractivity contribution in [1.29, 1.82) is 0 Å².